The molecule has 0 aromatic heterocycles. The van der Waals surface area contributed by atoms with E-state index in [1.165, 1.54) is 24.1 Å². The van der Waals surface area contributed by atoms with Crippen molar-refractivity contribution < 1.29 is 22.7 Å². The van der Waals surface area contributed by atoms with Crippen molar-refractivity contribution in [2.24, 2.45) is 0 Å². The first-order valence-corrected chi connectivity index (χ1v) is 18.5. The van der Waals surface area contributed by atoms with Crippen LogP contribution in [0.5, 0.6) is 5.75 Å². The molecule has 1 atom stereocenters. The molecule has 252 valence electrons. The molecule has 4 aromatic carbocycles. The maximum absolute atomic E-state index is 14.7. The SMILES string of the molecule is COc1cccc(N(CC(=O)N(Cc2cccc(Br)c2)[C@@H](Cc2ccccc2)C(=O)NC2CCCCC2)S(=O)(=O)c2ccc(C)cc2)c1. The molecule has 1 fully saturated rings. The van der Waals surface area contributed by atoms with Gasteiger partial charge in [0.15, 0.2) is 0 Å². The summed E-state index contributed by atoms with van der Waals surface area (Å²) in [7, 11) is -2.71. The van der Waals surface area contributed by atoms with Gasteiger partial charge in [-0.25, -0.2) is 8.42 Å². The number of hydrogen-bond acceptors (Lipinski definition) is 5. The van der Waals surface area contributed by atoms with Crippen molar-refractivity contribution in [3.8, 4) is 5.75 Å². The Morgan fingerprint density at radius 1 is 0.875 bits per heavy atom. The molecule has 2 amide bonds. The van der Waals surface area contributed by atoms with Crippen LogP contribution >= 0.6 is 15.9 Å². The average Bonchev–Trinajstić information content (AvgIpc) is 3.09. The number of amides is 2. The predicted octanol–water partition coefficient (Wildman–Crippen LogP) is 7.05. The Labute approximate surface area is 292 Å². The van der Waals surface area contributed by atoms with Gasteiger partial charge in [0.05, 0.1) is 17.7 Å². The van der Waals surface area contributed by atoms with Crippen molar-refractivity contribution in [3.05, 3.63) is 124 Å². The van der Waals surface area contributed by atoms with Crippen LogP contribution in [0, 0.1) is 6.92 Å². The normalized spacial score (nSPS) is 14.1. The van der Waals surface area contributed by atoms with E-state index in [1.807, 2.05) is 61.5 Å². The topological polar surface area (TPSA) is 96.0 Å². The van der Waals surface area contributed by atoms with E-state index in [4.69, 9.17) is 4.74 Å². The third kappa shape index (κ3) is 9.05. The first-order valence-electron chi connectivity index (χ1n) is 16.3. The van der Waals surface area contributed by atoms with Gasteiger partial charge in [-0.3, -0.25) is 13.9 Å². The van der Waals surface area contributed by atoms with E-state index in [9.17, 15) is 18.0 Å². The lowest BCUT2D eigenvalue weighted by Crippen LogP contribution is -2.55. The Morgan fingerprint density at radius 3 is 2.25 bits per heavy atom. The van der Waals surface area contributed by atoms with Gasteiger partial charge in [-0.2, -0.15) is 0 Å². The number of carbonyl (C=O) groups is 2. The monoisotopic (exact) mass is 731 g/mol. The molecule has 5 rings (SSSR count). The lowest BCUT2D eigenvalue weighted by molar-refractivity contribution is -0.140. The van der Waals surface area contributed by atoms with Gasteiger partial charge in [0.2, 0.25) is 11.8 Å². The number of nitrogens with zero attached hydrogens (tertiary/aromatic N) is 2. The number of benzene rings is 4. The number of ether oxygens (including phenoxy) is 1. The van der Waals surface area contributed by atoms with Crippen LogP contribution in [0.4, 0.5) is 5.69 Å². The molecule has 1 N–H and O–H groups in total. The summed E-state index contributed by atoms with van der Waals surface area (Å²) in [5, 5.41) is 3.24. The summed E-state index contributed by atoms with van der Waals surface area (Å²) in [5.74, 6) is -0.305. The van der Waals surface area contributed by atoms with Gasteiger partial charge in [-0.15, -0.1) is 0 Å². The zero-order valence-corrected chi connectivity index (χ0v) is 29.8. The van der Waals surface area contributed by atoms with Crippen LogP contribution in [0.15, 0.2) is 112 Å². The second kappa shape index (κ2) is 16.3. The van der Waals surface area contributed by atoms with Crippen molar-refractivity contribution in [1.82, 2.24) is 10.2 Å². The Balaban J connectivity index is 1.57. The predicted molar refractivity (Wildman–Crippen MR) is 192 cm³/mol. The number of carbonyl (C=O) groups excluding carboxylic acids is 2. The van der Waals surface area contributed by atoms with Crippen molar-refractivity contribution in [1.29, 1.82) is 0 Å². The second-order valence-electron chi connectivity index (χ2n) is 12.2. The van der Waals surface area contributed by atoms with E-state index < -0.39 is 28.5 Å². The standard InChI is InChI=1S/C38H42BrN3O5S/c1-28-19-21-35(22-20-28)48(45,46)42(33-17-10-18-34(25-33)47-2)27-37(43)41(26-30-13-9-14-31(39)23-30)36(24-29-11-5-3-6-12-29)38(44)40-32-15-7-4-8-16-32/h3,5-6,9-14,17-23,25,32,36H,4,7-8,15-16,24,26-27H2,1-2H3,(H,40,44)/t36-/m0/s1. The van der Waals surface area contributed by atoms with Gasteiger partial charge in [0.1, 0.15) is 18.3 Å². The fourth-order valence-corrected chi connectivity index (χ4v) is 7.91. The minimum absolute atomic E-state index is 0.0301. The Kier molecular flexibility index (Phi) is 11.9. The molecule has 0 aliphatic heterocycles. The number of methoxy groups -OCH3 is 1. The molecule has 1 aliphatic rings. The zero-order chi connectivity index (χ0) is 34.1. The largest absolute Gasteiger partial charge is 0.497 e. The highest BCUT2D eigenvalue weighted by molar-refractivity contribution is 9.10. The molecule has 1 aliphatic carbocycles. The van der Waals surface area contributed by atoms with E-state index >= 15 is 0 Å². The van der Waals surface area contributed by atoms with Crippen LogP contribution in [-0.4, -0.2) is 50.9 Å². The molecule has 0 radical (unpaired) electrons. The molecule has 0 unspecified atom stereocenters. The molecule has 0 heterocycles. The molecule has 4 aromatic rings. The number of rotatable bonds is 13. The van der Waals surface area contributed by atoms with Crippen LogP contribution in [0.3, 0.4) is 0 Å². The van der Waals surface area contributed by atoms with Gasteiger partial charge >= 0.3 is 0 Å². The Hall–Kier alpha value is -4.15. The summed E-state index contributed by atoms with van der Waals surface area (Å²) in [6.45, 7) is 1.45. The molecular formula is C38H42BrN3O5S. The summed E-state index contributed by atoms with van der Waals surface area (Å²) in [6.07, 6.45) is 5.28. The molecule has 0 saturated heterocycles. The number of anilines is 1. The third-order valence-electron chi connectivity index (χ3n) is 8.69. The highest BCUT2D eigenvalue weighted by Crippen LogP contribution is 2.28. The summed E-state index contributed by atoms with van der Waals surface area (Å²) >= 11 is 3.53. The van der Waals surface area contributed by atoms with Gasteiger partial charge in [-0.05, 0) is 67.3 Å². The van der Waals surface area contributed by atoms with Crippen LogP contribution in [0.1, 0.15) is 48.8 Å². The number of nitrogens with one attached hydrogen (secondary N) is 1. The fourth-order valence-electron chi connectivity index (χ4n) is 6.06. The van der Waals surface area contributed by atoms with Gasteiger partial charge in [0, 0.05) is 29.5 Å². The Morgan fingerprint density at radius 2 is 1.56 bits per heavy atom. The minimum atomic E-state index is -4.21. The molecule has 8 nitrogen and oxygen atoms in total. The molecule has 1 saturated carbocycles. The first kappa shape index (κ1) is 35.2. The third-order valence-corrected chi connectivity index (χ3v) is 11.0. The zero-order valence-electron chi connectivity index (χ0n) is 27.3. The van der Waals surface area contributed by atoms with E-state index in [0.29, 0.717) is 5.75 Å². The maximum Gasteiger partial charge on any atom is 0.264 e. The van der Waals surface area contributed by atoms with Crippen LogP contribution in [0.2, 0.25) is 0 Å². The van der Waals surface area contributed by atoms with Crippen molar-refractivity contribution in [2.75, 3.05) is 18.0 Å². The number of sulfonamides is 1. The fraction of sp³-hybridized carbons (Fsp3) is 0.316. The molecule has 48 heavy (non-hydrogen) atoms. The van der Waals surface area contributed by atoms with Crippen molar-refractivity contribution in [2.45, 2.75) is 69.0 Å². The van der Waals surface area contributed by atoms with Crippen LogP contribution in [-0.2, 0) is 32.6 Å². The second-order valence-corrected chi connectivity index (χ2v) is 15.0. The van der Waals surface area contributed by atoms with Gasteiger partial charge in [0.25, 0.3) is 10.0 Å². The molecular weight excluding hydrogens is 690 g/mol. The maximum atomic E-state index is 14.7. The summed E-state index contributed by atoms with van der Waals surface area (Å²) in [6, 6.07) is 29.5. The molecule has 0 spiro atoms. The number of aryl methyl sites for hydroxylation is 1. The lowest BCUT2D eigenvalue weighted by atomic mass is 9.94. The smallest absolute Gasteiger partial charge is 0.264 e. The minimum Gasteiger partial charge on any atom is -0.497 e. The van der Waals surface area contributed by atoms with Gasteiger partial charge in [-0.1, -0.05) is 101 Å². The number of hydrogen-bond donors (Lipinski definition) is 1. The van der Waals surface area contributed by atoms with Crippen molar-refractivity contribution >= 4 is 43.5 Å². The average molecular weight is 733 g/mol. The molecule has 10 heteroatoms. The van der Waals surface area contributed by atoms with Gasteiger partial charge < -0.3 is 15.0 Å². The van der Waals surface area contributed by atoms with E-state index in [2.05, 4.69) is 21.2 Å². The molecule has 0 bridgehead atoms. The highest BCUT2D eigenvalue weighted by Gasteiger charge is 2.35. The number of halogens is 1. The van der Waals surface area contributed by atoms with E-state index in [1.54, 1.807) is 36.4 Å². The summed E-state index contributed by atoms with van der Waals surface area (Å²) < 4.78 is 35.9. The van der Waals surface area contributed by atoms with Crippen LogP contribution in [0.25, 0.3) is 0 Å². The lowest BCUT2D eigenvalue weighted by Gasteiger charge is -2.35. The Bertz CT molecular complexity index is 1790. The van der Waals surface area contributed by atoms with E-state index in [0.717, 1.165) is 57.6 Å². The quantitative estimate of drug-likeness (QED) is 0.159. The van der Waals surface area contributed by atoms with Crippen LogP contribution < -0.4 is 14.4 Å². The summed E-state index contributed by atoms with van der Waals surface area (Å²) in [5.41, 5.74) is 2.88. The van der Waals surface area contributed by atoms with E-state index in [-0.39, 0.29) is 35.5 Å². The highest BCUT2D eigenvalue weighted by atomic mass is 79.9. The van der Waals surface area contributed by atoms with Crippen molar-refractivity contribution in [3.63, 3.8) is 0 Å². The first-order chi connectivity index (χ1) is 23.1. The summed E-state index contributed by atoms with van der Waals surface area (Å²) in [4.78, 5) is 30.6.